The van der Waals surface area contributed by atoms with Crippen LogP contribution in [-0.2, 0) is 9.31 Å². The van der Waals surface area contributed by atoms with Crippen LogP contribution in [0.1, 0.15) is 27.7 Å². The highest BCUT2D eigenvalue weighted by Crippen LogP contribution is 2.39. The Kier molecular flexibility index (Phi) is 5.96. The van der Waals surface area contributed by atoms with Crippen LogP contribution < -0.4 is 16.1 Å². The molecule has 2 amide bonds. The van der Waals surface area contributed by atoms with Gasteiger partial charge in [-0.25, -0.2) is 14.8 Å². The van der Waals surface area contributed by atoms with E-state index in [-0.39, 0.29) is 6.03 Å². The minimum absolute atomic E-state index is 0.0393. The number of carbonyl (C=O) groups excluding carboxylic acids is 1. The van der Waals surface area contributed by atoms with Crippen molar-refractivity contribution in [2.75, 3.05) is 31.5 Å². The third kappa shape index (κ3) is 4.24. The second-order valence-electron chi connectivity index (χ2n) is 9.50. The molecule has 8 nitrogen and oxygen atoms in total. The molecule has 2 aliphatic rings. The molecule has 2 fully saturated rings. The summed E-state index contributed by atoms with van der Waals surface area (Å²) in [7, 11) is -0.443. The number of amides is 2. The van der Waals surface area contributed by atoms with Gasteiger partial charge in [-0.3, -0.25) is 0 Å². The van der Waals surface area contributed by atoms with Gasteiger partial charge in [-0.15, -0.1) is 11.3 Å². The van der Waals surface area contributed by atoms with E-state index in [9.17, 15) is 4.79 Å². The molecule has 178 valence electrons. The average molecular weight is 500 g/mol. The summed E-state index contributed by atoms with van der Waals surface area (Å²) >= 11 is 8.11. The van der Waals surface area contributed by atoms with Crippen molar-refractivity contribution in [2.24, 2.45) is 0 Å². The van der Waals surface area contributed by atoms with Gasteiger partial charge in [0, 0.05) is 36.3 Å². The molecule has 4 heterocycles. The zero-order valence-electron chi connectivity index (χ0n) is 19.6. The van der Waals surface area contributed by atoms with Gasteiger partial charge in [0.05, 0.1) is 27.3 Å². The number of aromatic nitrogens is 2. The molecule has 0 radical (unpaired) electrons. The molecule has 2 saturated heterocycles. The lowest BCUT2D eigenvalue weighted by atomic mass is 9.78. The number of nitrogens with one attached hydrogen (secondary N) is 2. The molecule has 0 atom stereocenters. The average Bonchev–Trinajstić information content (AvgIpc) is 3.44. The van der Waals surface area contributed by atoms with E-state index in [2.05, 4.69) is 60.4 Å². The Hall–Kier alpha value is -2.40. The second-order valence-corrected chi connectivity index (χ2v) is 11.0. The SMILES string of the molecule is CC1(C)OB(c2cccc3cc(-c4nc(NCCN5CCNC5=O)ncc4Cl)sc23)OC1(C)C. The maximum atomic E-state index is 11.7. The van der Waals surface area contributed by atoms with Crippen LogP contribution in [0, 0.1) is 0 Å². The van der Waals surface area contributed by atoms with Crippen molar-refractivity contribution >= 4 is 57.6 Å². The largest absolute Gasteiger partial charge is 0.496 e. The van der Waals surface area contributed by atoms with Crippen LogP contribution in [0.4, 0.5) is 10.7 Å². The van der Waals surface area contributed by atoms with Crippen molar-refractivity contribution in [1.82, 2.24) is 20.2 Å². The van der Waals surface area contributed by atoms with Crippen LogP contribution in [0.25, 0.3) is 20.7 Å². The second kappa shape index (κ2) is 8.68. The zero-order valence-corrected chi connectivity index (χ0v) is 21.2. The van der Waals surface area contributed by atoms with Gasteiger partial charge in [0.15, 0.2) is 0 Å². The predicted molar refractivity (Wildman–Crippen MR) is 137 cm³/mol. The Balaban J connectivity index is 1.40. The monoisotopic (exact) mass is 499 g/mol. The summed E-state index contributed by atoms with van der Waals surface area (Å²) in [6.45, 7) is 10.7. The molecule has 2 aromatic heterocycles. The van der Waals surface area contributed by atoms with E-state index in [4.69, 9.17) is 20.9 Å². The van der Waals surface area contributed by atoms with Crippen LogP contribution in [0.2, 0.25) is 5.02 Å². The Labute approximate surface area is 208 Å². The number of rotatable bonds is 6. The third-order valence-corrected chi connectivity index (χ3v) is 8.15. The van der Waals surface area contributed by atoms with Crippen LogP contribution in [-0.4, -0.2) is 65.4 Å². The summed E-state index contributed by atoms with van der Waals surface area (Å²) in [5.74, 6) is 0.475. The van der Waals surface area contributed by atoms with E-state index in [0.717, 1.165) is 20.4 Å². The first-order valence-corrected chi connectivity index (χ1v) is 12.5. The van der Waals surface area contributed by atoms with Gasteiger partial charge in [-0.05, 0) is 39.1 Å². The molecule has 1 aromatic carbocycles. The molecule has 5 rings (SSSR count). The molecule has 34 heavy (non-hydrogen) atoms. The number of nitrogens with zero attached hydrogens (tertiary/aromatic N) is 3. The topological polar surface area (TPSA) is 88.6 Å². The van der Waals surface area contributed by atoms with Gasteiger partial charge >= 0.3 is 13.1 Å². The van der Waals surface area contributed by atoms with Crippen LogP contribution in [0.5, 0.6) is 0 Å². The molecule has 0 spiro atoms. The highest BCUT2D eigenvalue weighted by atomic mass is 35.5. The van der Waals surface area contributed by atoms with Crippen LogP contribution in [0.15, 0.2) is 30.5 Å². The summed E-state index contributed by atoms with van der Waals surface area (Å²) in [4.78, 5) is 23.4. The van der Waals surface area contributed by atoms with E-state index in [1.54, 1.807) is 22.4 Å². The predicted octanol–water partition coefficient (Wildman–Crippen LogP) is 3.75. The molecule has 11 heteroatoms. The number of anilines is 1. The molecule has 0 bridgehead atoms. The maximum Gasteiger partial charge on any atom is 0.496 e. The van der Waals surface area contributed by atoms with E-state index in [1.807, 2.05) is 12.1 Å². The molecular weight excluding hydrogens is 473 g/mol. The van der Waals surface area contributed by atoms with E-state index in [1.165, 1.54) is 0 Å². The Bertz CT molecular complexity index is 1230. The number of thiophene rings is 1. The summed E-state index contributed by atoms with van der Waals surface area (Å²) < 4.78 is 13.7. The fourth-order valence-electron chi connectivity index (χ4n) is 4.01. The number of hydrogen-bond acceptors (Lipinski definition) is 7. The molecule has 0 aliphatic carbocycles. The van der Waals surface area contributed by atoms with Crippen LogP contribution >= 0.6 is 22.9 Å². The quantitative estimate of drug-likeness (QED) is 0.502. The van der Waals surface area contributed by atoms with E-state index < -0.39 is 18.3 Å². The summed E-state index contributed by atoms with van der Waals surface area (Å²) in [5, 5.41) is 7.56. The Morgan fingerprint density at radius 3 is 2.74 bits per heavy atom. The Morgan fingerprint density at radius 2 is 2.03 bits per heavy atom. The van der Waals surface area contributed by atoms with Crippen molar-refractivity contribution in [3.63, 3.8) is 0 Å². The van der Waals surface area contributed by atoms with Crippen LogP contribution in [0.3, 0.4) is 0 Å². The van der Waals surface area contributed by atoms with Crippen molar-refractivity contribution in [3.8, 4) is 10.6 Å². The highest BCUT2D eigenvalue weighted by molar-refractivity contribution is 7.23. The molecule has 2 N–H and O–H groups in total. The molecule has 2 aliphatic heterocycles. The number of urea groups is 1. The molecule has 3 aromatic rings. The standard InChI is InChI=1S/C23H27BClN5O3S/c1-22(2)23(3,4)33-24(32-22)15-7-5-6-14-12-17(34-19(14)15)18-16(25)13-28-20(29-18)26-8-10-30-11-9-27-21(30)31/h5-7,12-13H,8-11H2,1-4H3,(H,27,31)(H,26,28,29). The summed E-state index contributed by atoms with van der Waals surface area (Å²) in [6, 6.07) is 8.18. The lowest BCUT2D eigenvalue weighted by Crippen LogP contribution is -2.41. The molecule has 0 unspecified atom stereocenters. The van der Waals surface area contributed by atoms with E-state index >= 15 is 0 Å². The van der Waals surface area contributed by atoms with Crippen molar-refractivity contribution in [1.29, 1.82) is 0 Å². The van der Waals surface area contributed by atoms with Gasteiger partial charge in [0.25, 0.3) is 0 Å². The van der Waals surface area contributed by atoms with Crippen molar-refractivity contribution in [2.45, 2.75) is 38.9 Å². The van der Waals surface area contributed by atoms with Crippen molar-refractivity contribution < 1.29 is 14.1 Å². The first-order chi connectivity index (χ1) is 16.1. The summed E-state index contributed by atoms with van der Waals surface area (Å²) in [6.07, 6.45) is 1.61. The first-order valence-electron chi connectivity index (χ1n) is 11.3. The minimum Gasteiger partial charge on any atom is -0.399 e. The lowest BCUT2D eigenvalue weighted by molar-refractivity contribution is 0.00578. The number of halogens is 1. The van der Waals surface area contributed by atoms with Crippen molar-refractivity contribution in [3.05, 3.63) is 35.5 Å². The molecule has 0 saturated carbocycles. The van der Waals surface area contributed by atoms with Gasteiger partial charge in [-0.1, -0.05) is 29.8 Å². The summed E-state index contributed by atoms with van der Waals surface area (Å²) in [5.41, 5.74) is 0.845. The maximum absolute atomic E-state index is 11.7. The third-order valence-electron chi connectivity index (χ3n) is 6.67. The van der Waals surface area contributed by atoms with Gasteiger partial charge in [0.2, 0.25) is 5.95 Å². The smallest absolute Gasteiger partial charge is 0.399 e. The number of carbonyl (C=O) groups is 1. The minimum atomic E-state index is -0.443. The highest BCUT2D eigenvalue weighted by Gasteiger charge is 2.52. The normalized spacial score (nSPS) is 19.1. The fourth-order valence-corrected chi connectivity index (χ4v) is 5.44. The lowest BCUT2D eigenvalue weighted by Gasteiger charge is -2.32. The van der Waals surface area contributed by atoms with Gasteiger partial charge in [-0.2, -0.15) is 0 Å². The van der Waals surface area contributed by atoms with Gasteiger partial charge in [0.1, 0.15) is 5.69 Å². The number of hydrogen-bond donors (Lipinski definition) is 2. The zero-order chi connectivity index (χ0) is 24.1. The number of fused-ring (bicyclic) bond motifs is 1. The Morgan fingerprint density at radius 1 is 1.26 bits per heavy atom. The molecular formula is C23H27BClN5O3S. The van der Waals surface area contributed by atoms with Gasteiger partial charge < -0.3 is 24.8 Å². The number of benzene rings is 1. The fraction of sp³-hybridized carbons (Fsp3) is 0.435. The van der Waals surface area contributed by atoms with E-state index in [0.29, 0.717) is 42.8 Å². The first kappa shape index (κ1) is 23.4.